The van der Waals surface area contributed by atoms with Gasteiger partial charge in [-0.25, -0.2) is 4.98 Å². The van der Waals surface area contributed by atoms with E-state index in [2.05, 4.69) is 15.3 Å². The average molecular weight is 833 g/mol. The number of aromatic nitrogens is 1. The van der Waals surface area contributed by atoms with Gasteiger partial charge in [-0.3, -0.25) is 29.1 Å². The number of imide groups is 1. The summed E-state index contributed by atoms with van der Waals surface area (Å²) in [5.41, 5.74) is 8.37. The number of aryl methyl sites for hydroxylation is 1. The van der Waals surface area contributed by atoms with E-state index in [9.17, 15) is 54.6 Å². The van der Waals surface area contributed by atoms with Crippen molar-refractivity contribution in [2.45, 2.75) is 68.5 Å². The van der Waals surface area contributed by atoms with Crippen LogP contribution in [0.2, 0.25) is 0 Å². The number of carbonyl (C=O) groups excluding carboxylic acids is 5. The van der Waals surface area contributed by atoms with Crippen LogP contribution in [0.5, 0.6) is 17.2 Å². The molecule has 60 heavy (non-hydrogen) atoms. The first kappa shape index (κ1) is 43.3. The van der Waals surface area contributed by atoms with Crippen LogP contribution in [-0.2, 0) is 38.7 Å². The number of aliphatic imine (C=N–C) groups is 1. The van der Waals surface area contributed by atoms with Crippen LogP contribution in [0.15, 0.2) is 47.6 Å². The van der Waals surface area contributed by atoms with Gasteiger partial charge in [-0.1, -0.05) is 0 Å². The number of methoxy groups -OCH3 is 1. The number of rotatable bonds is 15. The number of nitrogen functional groups attached to an aromatic ring is 1. The summed E-state index contributed by atoms with van der Waals surface area (Å²) >= 11 is 0. The molecule has 1 fully saturated rings. The Morgan fingerprint density at radius 2 is 1.78 bits per heavy atom. The Morgan fingerprint density at radius 1 is 1.07 bits per heavy atom. The standard InChI is InChI=1S/C40H44N6O14/c1-43-39(42)45-14-22-19(4-3-9-47)10-21-31(34(22)53)35(54)32-25(12-24(58-2)23(16-48)30(32)33(21)52)59-38-36(55)37(56)40(57,26(17-49)60-38)13-20(18-7-8-44-27(41)11-18)15-46-28(50)5-6-29(46)51/h5-12,20,26,36-38,48-49,53,55-57H,3-4,13-17H2,1-2H3,(H2,41,44)(H3,42,43,45). The first-order chi connectivity index (χ1) is 28.6. The number of carbonyl (C=O) groups is 5. The molecule has 20 nitrogen and oxygen atoms in total. The van der Waals surface area contributed by atoms with Gasteiger partial charge in [-0.15, -0.1) is 0 Å². The molecule has 11 N–H and O–H groups in total. The van der Waals surface area contributed by atoms with Crippen molar-refractivity contribution in [2.75, 3.05) is 33.0 Å². The molecule has 2 aliphatic heterocycles. The maximum absolute atomic E-state index is 14.6. The Bertz CT molecular complexity index is 2280. The van der Waals surface area contributed by atoms with Crippen molar-refractivity contribution in [3.05, 3.63) is 87.1 Å². The summed E-state index contributed by atoms with van der Waals surface area (Å²) < 4.78 is 17.4. The minimum Gasteiger partial charge on any atom is -0.507 e. The number of aldehydes is 1. The molecule has 3 aliphatic rings. The molecule has 318 valence electrons. The van der Waals surface area contributed by atoms with Crippen molar-refractivity contribution in [1.29, 1.82) is 0 Å². The molecule has 6 rings (SSSR count). The second-order valence-corrected chi connectivity index (χ2v) is 14.3. The van der Waals surface area contributed by atoms with Gasteiger partial charge in [0.25, 0.3) is 11.8 Å². The Labute approximate surface area is 341 Å². The number of aromatic hydroxyl groups is 1. The van der Waals surface area contributed by atoms with Crippen LogP contribution < -0.4 is 26.3 Å². The number of benzene rings is 2. The van der Waals surface area contributed by atoms with E-state index in [4.69, 9.17) is 25.7 Å². The van der Waals surface area contributed by atoms with Crippen LogP contribution in [0.3, 0.4) is 0 Å². The molecule has 0 saturated carbocycles. The highest BCUT2D eigenvalue weighted by Crippen LogP contribution is 2.46. The van der Waals surface area contributed by atoms with Crippen LogP contribution in [0.25, 0.3) is 0 Å². The van der Waals surface area contributed by atoms with Gasteiger partial charge < -0.3 is 66.4 Å². The number of nitrogens with zero attached hydrogens (tertiary/aromatic N) is 3. The zero-order valence-electron chi connectivity index (χ0n) is 32.4. The number of anilines is 1. The number of guanidine groups is 1. The Kier molecular flexibility index (Phi) is 12.6. The summed E-state index contributed by atoms with van der Waals surface area (Å²) in [5, 5.41) is 70.7. The number of fused-ring (bicyclic) bond motifs is 2. The molecule has 1 saturated heterocycles. The van der Waals surface area contributed by atoms with E-state index in [0.717, 1.165) is 23.1 Å². The molecule has 0 radical (unpaired) electrons. The lowest BCUT2D eigenvalue weighted by Crippen LogP contribution is -2.68. The molecule has 20 heteroatoms. The summed E-state index contributed by atoms with van der Waals surface area (Å²) in [4.78, 5) is 74.1. The number of nitrogens with two attached hydrogens (primary N) is 2. The number of ketones is 2. The number of ether oxygens (including phenoxy) is 3. The lowest BCUT2D eigenvalue weighted by atomic mass is 9.75. The third-order valence-electron chi connectivity index (χ3n) is 10.9. The third-order valence-corrected chi connectivity index (χ3v) is 10.9. The van der Waals surface area contributed by atoms with E-state index in [1.807, 2.05) is 0 Å². The van der Waals surface area contributed by atoms with Crippen molar-refractivity contribution < 1.29 is 68.8 Å². The summed E-state index contributed by atoms with van der Waals surface area (Å²) in [6.07, 6.45) is -4.34. The number of aliphatic hydroxyl groups is 5. The predicted molar refractivity (Wildman–Crippen MR) is 208 cm³/mol. The minimum absolute atomic E-state index is 0.00280. The lowest BCUT2D eigenvalue weighted by molar-refractivity contribution is -0.315. The highest BCUT2D eigenvalue weighted by Gasteiger charge is 2.57. The Balaban J connectivity index is 1.39. The van der Waals surface area contributed by atoms with Crippen LogP contribution in [0.1, 0.15) is 72.9 Å². The number of hydrogen-bond donors (Lipinski definition) is 9. The average Bonchev–Trinajstić information content (AvgIpc) is 3.55. The van der Waals surface area contributed by atoms with Crippen molar-refractivity contribution in [3.8, 4) is 17.2 Å². The highest BCUT2D eigenvalue weighted by atomic mass is 16.7. The molecule has 0 bridgehead atoms. The molecule has 2 amide bonds. The molecule has 1 aliphatic carbocycles. The maximum atomic E-state index is 14.6. The van der Waals surface area contributed by atoms with Crippen molar-refractivity contribution in [1.82, 2.24) is 15.2 Å². The Morgan fingerprint density at radius 3 is 2.40 bits per heavy atom. The monoisotopic (exact) mass is 832 g/mol. The zero-order chi connectivity index (χ0) is 43.6. The molecular formula is C40H44N6O14. The molecule has 6 atom stereocenters. The quantitative estimate of drug-likeness (QED) is 0.0284. The largest absolute Gasteiger partial charge is 0.507 e. The SMILES string of the molecule is CN=C(N)NCc1c(CCC=O)cc2c(c1O)C(=O)c1c(OC3OC(CO)C(O)(CC(CN4C(=O)C=CC4=O)c4ccnc(N)c4)C(O)C3O)cc(OC)c(CO)c1C2=O. The fourth-order valence-corrected chi connectivity index (χ4v) is 7.81. The van der Waals surface area contributed by atoms with Crippen molar-refractivity contribution in [2.24, 2.45) is 10.7 Å². The fourth-order valence-electron chi connectivity index (χ4n) is 7.81. The summed E-state index contributed by atoms with van der Waals surface area (Å²) in [6.45, 7) is -2.27. The number of amides is 2. The van der Waals surface area contributed by atoms with E-state index in [-0.39, 0.29) is 65.7 Å². The van der Waals surface area contributed by atoms with Crippen LogP contribution in [-0.4, -0.2) is 134 Å². The van der Waals surface area contributed by atoms with Crippen molar-refractivity contribution >= 4 is 41.4 Å². The smallest absolute Gasteiger partial charge is 0.253 e. The second kappa shape index (κ2) is 17.5. The van der Waals surface area contributed by atoms with Crippen LogP contribution in [0.4, 0.5) is 5.82 Å². The number of phenols is 1. The van der Waals surface area contributed by atoms with Gasteiger partial charge in [-0.05, 0) is 42.2 Å². The third kappa shape index (κ3) is 7.78. The highest BCUT2D eigenvalue weighted by molar-refractivity contribution is 6.31. The van der Waals surface area contributed by atoms with E-state index in [1.54, 1.807) is 0 Å². The summed E-state index contributed by atoms with van der Waals surface area (Å²) in [6, 6.07) is 5.42. The molecule has 6 unspecified atom stereocenters. The molecule has 3 heterocycles. The van der Waals surface area contributed by atoms with E-state index in [1.165, 1.54) is 38.6 Å². The van der Waals surface area contributed by atoms with Gasteiger partial charge in [0.2, 0.25) is 12.1 Å². The Hall–Kier alpha value is -6.29. The van der Waals surface area contributed by atoms with Gasteiger partial charge in [0.15, 0.2) is 11.7 Å². The van der Waals surface area contributed by atoms with E-state index >= 15 is 0 Å². The predicted octanol–water partition coefficient (Wildman–Crippen LogP) is -1.54. The second-order valence-electron chi connectivity index (χ2n) is 14.3. The molecule has 2 aromatic carbocycles. The van der Waals surface area contributed by atoms with Crippen molar-refractivity contribution in [3.63, 3.8) is 0 Å². The first-order valence-electron chi connectivity index (χ1n) is 18.6. The first-order valence-corrected chi connectivity index (χ1v) is 18.6. The summed E-state index contributed by atoms with van der Waals surface area (Å²) in [7, 11) is 2.63. The van der Waals surface area contributed by atoms with Gasteiger partial charge in [0, 0.05) is 79.1 Å². The van der Waals surface area contributed by atoms with Gasteiger partial charge >= 0.3 is 0 Å². The van der Waals surface area contributed by atoms with Gasteiger partial charge in [0.05, 0.1) is 31.5 Å². The fraction of sp³-hybridized carbons (Fsp3) is 0.375. The van der Waals surface area contributed by atoms with Gasteiger partial charge in [-0.2, -0.15) is 0 Å². The molecule has 1 aromatic heterocycles. The van der Waals surface area contributed by atoms with E-state index in [0.29, 0.717) is 17.4 Å². The number of nitrogens with one attached hydrogen (secondary N) is 1. The normalized spacial score (nSPS) is 23.1. The zero-order valence-corrected chi connectivity index (χ0v) is 32.4. The van der Waals surface area contributed by atoms with Gasteiger partial charge in [0.1, 0.15) is 53.3 Å². The van der Waals surface area contributed by atoms with Crippen LogP contribution >= 0.6 is 0 Å². The minimum atomic E-state index is -2.50. The lowest BCUT2D eigenvalue weighted by Gasteiger charge is -2.49. The molecule has 0 spiro atoms. The number of phenolic OH excluding ortho intramolecular Hbond substituents is 1. The van der Waals surface area contributed by atoms with Crippen LogP contribution in [0, 0.1) is 0 Å². The number of hydrogen-bond acceptors (Lipinski definition) is 17. The molecular weight excluding hydrogens is 788 g/mol. The van der Waals surface area contributed by atoms with E-state index < -0.39 is 102 Å². The molecule has 3 aromatic rings. The maximum Gasteiger partial charge on any atom is 0.253 e. The number of pyridine rings is 1. The topological polar surface area (TPSA) is 327 Å². The summed E-state index contributed by atoms with van der Waals surface area (Å²) in [5.74, 6) is -5.23. The number of aliphatic hydroxyl groups excluding tert-OH is 4.